The summed E-state index contributed by atoms with van der Waals surface area (Å²) < 4.78 is 25.3. The van der Waals surface area contributed by atoms with Gasteiger partial charge in [-0.2, -0.15) is 0 Å². The number of benzene rings is 3. The molecule has 4 aromatic rings. The van der Waals surface area contributed by atoms with Crippen LogP contribution in [0.25, 0.3) is 0 Å². The molecule has 3 aliphatic heterocycles. The number of methoxy groups -OCH3 is 2. The second kappa shape index (κ2) is 15.6. The summed E-state index contributed by atoms with van der Waals surface area (Å²) in [6.07, 6.45) is 3.90. The third-order valence-electron chi connectivity index (χ3n) is 11.6. The molecule has 1 N–H and O–H groups in total. The molecule has 1 spiro atoms. The van der Waals surface area contributed by atoms with Gasteiger partial charge in [-0.15, -0.1) is 5.10 Å². The van der Waals surface area contributed by atoms with E-state index >= 15 is 4.79 Å². The predicted molar refractivity (Wildman–Crippen MR) is 209 cm³/mol. The minimum atomic E-state index is -2.43. The standard InChI is InChI=1S/C41H49N5O8Si/c1-27-39(55(4,5)31-16-14-30(51-2)15-17-31)36(19-22-44-25-28(20-23-47)42-43-44)54-41(27)32-24-29(46-34-10-6-7-11-35(34)53-26-37(46)48)13-18-33(32)45(40(41)50)21-9-8-12-38(49)52-3/h6-7,10-11,13-18,24-25,27,36,39,47H,8-9,12,19-23,26H2,1-5H3/t27-,36+,39-,41+/m1/s1. The summed E-state index contributed by atoms with van der Waals surface area (Å²) in [6.45, 7) is 7.59. The van der Waals surface area contributed by atoms with Gasteiger partial charge in [-0.25, -0.2) is 0 Å². The van der Waals surface area contributed by atoms with Gasteiger partial charge in [-0.05, 0) is 67.3 Å². The molecular weight excluding hydrogens is 719 g/mol. The molecule has 13 nitrogen and oxygen atoms in total. The fourth-order valence-corrected chi connectivity index (χ4v) is 13.0. The maximum atomic E-state index is 15.3. The van der Waals surface area contributed by atoms with Gasteiger partial charge in [0.15, 0.2) is 12.2 Å². The molecule has 1 saturated heterocycles. The summed E-state index contributed by atoms with van der Waals surface area (Å²) in [5, 5.41) is 19.2. The minimum absolute atomic E-state index is 0.0154. The maximum Gasteiger partial charge on any atom is 0.305 e. The van der Waals surface area contributed by atoms with E-state index in [1.165, 1.54) is 12.3 Å². The first-order valence-corrected chi connectivity index (χ1v) is 22.0. The Kier molecular flexibility index (Phi) is 10.8. The van der Waals surface area contributed by atoms with Crippen LogP contribution in [-0.4, -0.2) is 86.0 Å². The van der Waals surface area contributed by atoms with Crippen molar-refractivity contribution in [3.63, 3.8) is 0 Å². The Morgan fingerprint density at radius 3 is 2.55 bits per heavy atom. The van der Waals surface area contributed by atoms with E-state index in [9.17, 15) is 14.7 Å². The fourth-order valence-electron chi connectivity index (χ4n) is 8.90. The number of aryl methyl sites for hydroxylation is 1. The van der Waals surface area contributed by atoms with Crippen LogP contribution in [-0.2, 0) is 42.4 Å². The second-order valence-electron chi connectivity index (χ2n) is 15.1. The quantitative estimate of drug-likeness (QED) is 0.107. The average Bonchev–Trinajstić information content (AvgIpc) is 3.84. The van der Waals surface area contributed by atoms with Crippen molar-refractivity contribution in [2.75, 3.05) is 43.8 Å². The number of fused-ring (bicyclic) bond motifs is 3. The molecule has 55 heavy (non-hydrogen) atoms. The molecule has 4 heterocycles. The molecule has 0 unspecified atom stereocenters. The van der Waals surface area contributed by atoms with Crippen molar-refractivity contribution in [2.45, 2.75) is 75.9 Å². The van der Waals surface area contributed by atoms with Gasteiger partial charge in [0.1, 0.15) is 11.5 Å². The largest absolute Gasteiger partial charge is 0.497 e. The number of esters is 1. The van der Waals surface area contributed by atoms with Crippen molar-refractivity contribution >= 4 is 48.1 Å². The number of anilines is 3. The molecule has 3 aliphatic rings. The molecule has 2 amide bonds. The smallest absolute Gasteiger partial charge is 0.305 e. The van der Waals surface area contributed by atoms with Crippen LogP contribution >= 0.6 is 0 Å². The van der Waals surface area contributed by atoms with E-state index < -0.39 is 13.7 Å². The van der Waals surface area contributed by atoms with E-state index in [1.54, 1.807) is 16.7 Å². The first-order valence-electron chi connectivity index (χ1n) is 18.9. The van der Waals surface area contributed by atoms with E-state index in [4.69, 9.17) is 18.9 Å². The summed E-state index contributed by atoms with van der Waals surface area (Å²) >= 11 is 0. The Labute approximate surface area is 322 Å². The Bertz CT molecular complexity index is 2050. The highest BCUT2D eigenvalue weighted by molar-refractivity contribution is 6.91. The van der Waals surface area contributed by atoms with Crippen molar-refractivity contribution in [3.05, 3.63) is 84.2 Å². The summed E-state index contributed by atoms with van der Waals surface area (Å²) in [5.41, 5.74) is 2.06. The van der Waals surface area contributed by atoms with Gasteiger partial charge in [0.25, 0.3) is 11.8 Å². The Hall–Kier alpha value is -5.05. The Morgan fingerprint density at radius 2 is 1.80 bits per heavy atom. The highest BCUT2D eigenvalue weighted by atomic mass is 28.3. The van der Waals surface area contributed by atoms with Crippen LogP contribution in [0.5, 0.6) is 11.5 Å². The van der Waals surface area contributed by atoms with E-state index in [1.807, 2.05) is 65.7 Å². The van der Waals surface area contributed by atoms with Gasteiger partial charge in [-0.3, -0.25) is 24.0 Å². The molecule has 14 heteroatoms. The average molecular weight is 768 g/mol. The lowest BCUT2D eigenvalue weighted by Crippen LogP contribution is -2.52. The monoisotopic (exact) mass is 767 g/mol. The highest BCUT2D eigenvalue weighted by Crippen LogP contribution is 2.60. The number of aromatic nitrogens is 3. The lowest BCUT2D eigenvalue weighted by Gasteiger charge is -2.37. The third-order valence-corrected chi connectivity index (χ3v) is 16.0. The summed E-state index contributed by atoms with van der Waals surface area (Å²) in [5.74, 6) is 0.470. The van der Waals surface area contributed by atoms with Crippen LogP contribution in [0.2, 0.25) is 18.6 Å². The zero-order chi connectivity index (χ0) is 38.9. The molecule has 7 rings (SSSR count). The maximum absolute atomic E-state index is 15.3. The van der Waals surface area contributed by atoms with Gasteiger partial charge in [0, 0.05) is 55.9 Å². The van der Waals surface area contributed by atoms with Crippen molar-refractivity contribution in [3.8, 4) is 11.5 Å². The number of unbranched alkanes of at least 4 members (excludes halogenated alkanes) is 1. The number of carbonyl (C=O) groups excluding carboxylic acids is 3. The molecule has 3 aromatic carbocycles. The fraction of sp³-hybridized carbons (Fsp3) is 0.439. The van der Waals surface area contributed by atoms with E-state index in [0.29, 0.717) is 61.6 Å². The number of hydrogen-bond donors (Lipinski definition) is 1. The molecule has 1 fully saturated rings. The minimum Gasteiger partial charge on any atom is -0.497 e. The van der Waals surface area contributed by atoms with Gasteiger partial charge in [0.2, 0.25) is 0 Å². The number of para-hydroxylation sites is 2. The normalized spacial score (nSPS) is 21.8. The first-order chi connectivity index (χ1) is 26.5. The second-order valence-corrected chi connectivity index (χ2v) is 19.8. The van der Waals surface area contributed by atoms with Crippen LogP contribution in [0.15, 0.2) is 72.9 Å². The predicted octanol–water partition coefficient (Wildman–Crippen LogP) is 4.87. The SMILES string of the molecule is COC(=O)CCCCN1C(=O)[C@@]2(O[C@@H](CCn3cc(CCO)nn3)[C@H]([Si](C)(C)c3ccc(OC)cc3)[C@H]2C)c2cc(N3C(=O)COc4ccccc43)ccc21. The van der Waals surface area contributed by atoms with Crippen LogP contribution in [0.4, 0.5) is 17.1 Å². The van der Waals surface area contributed by atoms with Gasteiger partial charge in [-0.1, -0.05) is 54.7 Å². The van der Waals surface area contributed by atoms with Crippen LogP contribution < -0.4 is 24.5 Å². The topological polar surface area (TPSA) is 146 Å². The lowest BCUT2D eigenvalue weighted by molar-refractivity contribution is -0.146. The number of amides is 2. The molecule has 0 radical (unpaired) electrons. The lowest BCUT2D eigenvalue weighted by atomic mass is 9.82. The summed E-state index contributed by atoms with van der Waals surface area (Å²) in [7, 11) is 0.596. The van der Waals surface area contributed by atoms with E-state index in [-0.39, 0.29) is 55.0 Å². The summed E-state index contributed by atoms with van der Waals surface area (Å²) in [6, 6.07) is 21.4. The molecule has 0 aliphatic carbocycles. The van der Waals surface area contributed by atoms with Crippen molar-refractivity contribution < 1.29 is 38.4 Å². The van der Waals surface area contributed by atoms with Crippen molar-refractivity contribution in [1.29, 1.82) is 0 Å². The van der Waals surface area contributed by atoms with E-state index in [0.717, 1.165) is 17.0 Å². The van der Waals surface area contributed by atoms with Crippen molar-refractivity contribution in [2.24, 2.45) is 5.92 Å². The molecule has 1 aromatic heterocycles. The number of aliphatic hydroxyl groups excluding tert-OH is 1. The first kappa shape index (κ1) is 38.2. The molecule has 0 saturated carbocycles. The highest BCUT2D eigenvalue weighted by Gasteiger charge is 2.66. The zero-order valence-corrected chi connectivity index (χ0v) is 33.1. The number of rotatable bonds is 14. The van der Waals surface area contributed by atoms with Gasteiger partial charge < -0.3 is 29.0 Å². The van der Waals surface area contributed by atoms with Gasteiger partial charge >= 0.3 is 5.97 Å². The van der Waals surface area contributed by atoms with Crippen LogP contribution in [0.1, 0.15) is 43.9 Å². The zero-order valence-electron chi connectivity index (χ0n) is 32.1. The van der Waals surface area contributed by atoms with Gasteiger partial charge in [0.05, 0.1) is 45.5 Å². The Balaban J connectivity index is 1.32. The number of ether oxygens (including phenoxy) is 4. The van der Waals surface area contributed by atoms with Crippen LogP contribution in [0, 0.1) is 5.92 Å². The molecule has 0 bridgehead atoms. The molecule has 4 atom stereocenters. The third kappa shape index (κ3) is 6.91. The van der Waals surface area contributed by atoms with Crippen LogP contribution in [0.3, 0.4) is 0 Å². The molecular formula is C41H49N5O8Si. The Morgan fingerprint density at radius 1 is 1.02 bits per heavy atom. The number of carbonyl (C=O) groups is 3. The van der Waals surface area contributed by atoms with E-state index in [2.05, 4.69) is 42.5 Å². The summed E-state index contributed by atoms with van der Waals surface area (Å²) in [4.78, 5) is 44.2. The molecule has 290 valence electrons. The number of hydrogen-bond acceptors (Lipinski definition) is 10. The van der Waals surface area contributed by atoms with Crippen molar-refractivity contribution in [1.82, 2.24) is 15.0 Å². The number of nitrogens with zero attached hydrogens (tertiary/aromatic N) is 5. The number of aliphatic hydroxyl groups is 1.